The summed E-state index contributed by atoms with van der Waals surface area (Å²) in [6, 6.07) is 21.2. The van der Waals surface area contributed by atoms with E-state index < -0.39 is 5.41 Å². The van der Waals surface area contributed by atoms with Crippen molar-refractivity contribution < 1.29 is 4.74 Å². The first-order valence-electron chi connectivity index (χ1n) is 7.64. The van der Waals surface area contributed by atoms with Crippen LogP contribution in [0.4, 0.5) is 0 Å². The van der Waals surface area contributed by atoms with E-state index in [2.05, 4.69) is 36.2 Å². The maximum atomic E-state index is 10.1. The molecular weight excluding hydrogens is 272 g/mol. The Morgan fingerprint density at radius 2 is 1.86 bits per heavy atom. The van der Waals surface area contributed by atoms with Crippen LogP contribution in [0.5, 0.6) is 5.75 Å². The first-order chi connectivity index (χ1) is 10.8. The van der Waals surface area contributed by atoms with E-state index in [1.165, 1.54) is 5.56 Å². The van der Waals surface area contributed by atoms with Crippen molar-refractivity contribution in [1.82, 2.24) is 4.90 Å². The fourth-order valence-corrected chi connectivity index (χ4v) is 4.13. The fourth-order valence-electron chi connectivity index (χ4n) is 4.13. The third kappa shape index (κ3) is 1.71. The van der Waals surface area contributed by atoms with Crippen LogP contribution in [-0.4, -0.2) is 25.1 Å². The molecule has 2 heterocycles. The van der Waals surface area contributed by atoms with E-state index in [0.717, 1.165) is 17.9 Å². The van der Waals surface area contributed by atoms with Crippen LogP contribution < -0.4 is 4.74 Å². The molecule has 0 aliphatic carbocycles. The largest absolute Gasteiger partial charge is 0.491 e. The Bertz CT molecular complexity index is 737. The van der Waals surface area contributed by atoms with E-state index in [-0.39, 0.29) is 12.0 Å². The summed E-state index contributed by atoms with van der Waals surface area (Å²) in [7, 11) is 2.11. The minimum atomic E-state index is -0.523. The van der Waals surface area contributed by atoms with Gasteiger partial charge in [-0.2, -0.15) is 5.26 Å². The molecule has 0 bridgehead atoms. The number of para-hydroxylation sites is 1. The molecule has 0 spiro atoms. The lowest BCUT2D eigenvalue weighted by molar-refractivity contribution is 0.107. The lowest BCUT2D eigenvalue weighted by Crippen LogP contribution is -2.40. The lowest BCUT2D eigenvalue weighted by Gasteiger charge is -2.39. The SMILES string of the molecule is CN1C[C@@H](c2ccccc2)[C@]2(C#N)COc3ccccc3[C@H]12. The van der Waals surface area contributed by atoms with Gasteiger partial charge in [0.25, 0.3) is 0 Å². The van der Waals surface area contributed by atoms with Crippen LogP contribution in [-0.2, 0) is 0 Å². The molecule has 3 heteroatoms. The quantitative estimate of drug-likeness (QED) is 0.808. The molecule has 0 saturated carbocycles. The van der Waals surface area contributed by atoms with Crippen molar-refractivity contribution in [1.29, 1.82) is 5.26 Å². The second-order valence-corrected chi connectivity index (χ2v) is 6.28. The molecule has 1 fully saturated rings. The third-order valence-corrected chi connectivity index (χ3v) is 5.11. The average molecular weight is 290 g/mol. The summed E-state index contributed by atoms with van der Waals surface area (Å²) in [5.74, 6) is 1.08. The Balaban J connectivity index is 1.86. The molecular formula is C19H18N2O. The second kappa shape index (κ2) is 4.86. The van der Waals surface area contributed by atoms with Gasteiger partial charge in [0.1, 0.15) is 17.8 Å². The third-order valence-electron chi connectivity index (χ3n) is 5.11. The summed E-state index contributed by atoms with van der Waals surface area (Å²) in [4.78, 5) is 2.31. The summed E-state index contributed by atoms with van der Waals surface area (Å²) in [6.07, 6.45) is 0. The molecule has 110 valence electrons. The van der Waals surface area contributed by atoms with Crippen LogP contribution in [0.1, 0.15) is 23.1 Å². The molecule has 2 aromatic rings. The summed E-state index contributed by atoms with van der Waals surface area (Å²) in [5, 5.41) is 10.1. The Hall–Kier alpha value is -2.31. The van der Waals surface area contributed by atoms with Gasteiger partial charge in [0.15, 0.2) is 0 Å². The van der Waals surface area contributed by atoms with Crippen molar-refractivity contribution in [3.8, 4) is 11.8 Å². The van der Waals surface area contributed by atoms with Crippen molar-refractivity contribution in [2.75, 3.05) is 20.2 Å². The van der Waals surface area contributed by atoms with E-state index in [4.69, 9.17) is 4.74 Å². The Labute approximate surface area is 130 Å². The van der Waals surface area contributed by atoms with Crippen LogP contribution in [0.2, 0.25) is 0 Å². The zero-order valence-corrected chi connectivity index (χ0v) is 12.6. The van der Waals surface area contributed by atoms with Gasteiger partial charge < -0.3 is 4.74 Å². The van der Waals surface area contributed by atoms with Gasteiger partial charge in [-0.05, 0) is 18.7 Å². The first-order valence-corrected chi connectivity index (χ1v) is 7.64. The summed E-state index contributed by atoms with van der Waals surface area (Å²) in [5.41, 5.74) is 1.84. The maximum absolute atomic E-state index is 10.1. The van der Waals surface area contributed by atoms with Crippen molar-refractivity contribution in [3.63, 3.8) is 0 Å². The molecule has 0 radical (unpaired) electrons. The first kappa shape index (κ1) is 13.4. The number of hydrogen-bond acceptors (Lipinski definition) is 3. The molecule has 0 N–H and O–H groups in total. The zero-order chi connectivity index (χ0) is 15.2. The highest BCUT2D eigenvalue weighted by Gasteiger charge is 2.57. The lowest BCUT2D eigenvalue weighted by atomic mass is 9.69. The molecule has 3 atom stereocenters. The van der Waals surface area contributed by atoms with Crippen LogP contribution in [0, 0.1) is 16.7 Å². The van der Waals surface area contributed by atoms with Crippen molar-refractivity contribution in [2.24, 2.45) is 5.41 Å². The average Bonchev–Trinajstić information content (AvgIpc) is 2.89. The summed E-state index contributed by atoms with van der Waals surface area (Å²) >= 11 is 0. The molecule has 2 aromatic carbocycles. The zero-order valence-electron chi connectivity index (χ0n) is 12.6. The van der Waals surface area contributed by atoms with Crippen LogP contribution in [0.3, 0.4) is 0 Å². The van der Waals surface area contributed by atoms with Crippen LogP contribution >= 0.6 is 0 Å². The van der Waals surface area contributed by atoms with Gasteiger partial charge in [0.2, 0.25) is 0 Å². The highest BCUT2D eigenvalue weighted by atomic mass is 16.5. The number of hydrogen-bond donors (Lipinski definition) is 0. The Morgan fingerprint density at radius 3 is 2.64 bits per heavy atom. The van der Waals surface area contributed by atoms with Gasteiger partial charge in [-0.15, -0.1) is 0 Å². The van der Waals surface area contributed by atoms with Crippen molar-refractivity contribution >= 4 is 0 Å². The highest BCUT2D eigenvalue weighted by Crippen LogP contribution is 2.57. The second-order valence-electron chi connectivity index (χ2n) is 6.28. The number of benzene rings is 2. The molecule has 22 heavy (non-hydrogen) atoms. The molecule has 2 aliphatic rings. The smallest absolute Gasteiger partial charge is 0.124 e. The molecule has 3 nitrogen and oxygen atoms in total. The fraction of sp³-hybridized carbons (Fsp3) is 0.316. The van der Waals surface area contributed by atoms with Gasteiger partial charge >= 0.3 is 0 Å². The normalized spacial score (nSPS) is 30.0. The topological polar surface area (TPSA) is 36.3 Å². The van der Waals surface area contributed by atoms with Crippen molar-refractivity contribution in [2.45, 2.75) is 12.0 Å². The number of nitriles is 1. The standard InChI is InChI=1S/C19H18N2O/c1-21-11-16(14-7-3-2-4-8-14)19(12-20)13-22-17-10-6-5-9-15(17)18(19)21/h2-10,16,18H,11,13H2,1H3/t16-,18-,19-/m0/s1. The Kier molecular flexibility index (Phi) is 2.95. The van der Waals surface area contributed by atoms with E-state index in [9.17, 15) is 5.26 Å². The number of ether oxygens (including phenoxy) is 1. The minimum absolute atomic E-state index is 0.0904. The molecule has 2 aliphatic heterocycles. The number of likely N-dealkylation sites (N-methyl/N-ethyl adjacent to an activating group) is 1. The molecule has 1 saturated heterocycles. The minimum Gasteiger partial charge on any atom is -0.491 e. The van der Waals surface area contributed by atoms with Crippen LogP contribution in [0.25, 0.3) is 0 Å². The molecule has 0 unspecified atom stereocenters. The van der Waals surface area contributed by atoms with Gasteiger partial charge in [-0.25, -0.2) is 0 Å². The number of nitrogens with zero attached hydrogens (tertiary/aromatic N) is 2. The predicted octanol–water partition coefficient (Wildman–Crippen LogP) is 3.36. The van der Waals surface area contributed by atoms with Gasteiger partial charge in [-0.3, -0.25) is 4.90 Å². The summed E-state index contributed by atoms with van der Waals surface area (Å²) in [6.45, 7) is 1.33. The van der Waals surface area contributed by atoms with Gasteiger partial charge in [0.05, 0.1) is 12.1 Å². The highest BCUT2D eigenvalue weighted by molar-refractivity contribution is 5.45. The van der Waals surface area contributed by atoms with Crippen LogP contribution in [0.15, 0.2) is 54.6 Å². The summed E-state index contributed by atoms with van der Waals surface area (Å²) < 4.78 is 5.98. The van der Waals surface area contributed by atoms with E-state index in [0.29, 0.717) is 6.61 Å². The van der Waals surface area contributed by atoms with E-state index in [1.54, 1.807) is 0 Å². The maximum Gasteiger partial charge on any atom is 0.124 e. The van der Waals surface area contributed by atoms with Crippen molar-refractivity contribution in [3.05, 3.63) is 65.7 Å². The number of rotatable bonds is 1. The monoisotopic (exact) mass is 290 g/mol. The van der Waals surface area contributed by atoms with Gasteiger partial charge in [0, 0.05) is 18.0 Å². The molecule has 4 rings (SSSR count). The van der Waals surface area contributed by atoms with Gasteiger partial charge in [-0.1, -0.05) is 48.5 Å². The molecule has 0 amide bonds. The number of likely N-dealkylation sites (tertiary alicyclic amines) is 1. The van der Waals surface area contributed by atoms with E-state index >= 15 is 0 Å². The number of fused-ring (bicyclic) bond motifs is 3. The Morgan fingerprint density at radius 1 is 1.14 bits per heavy atom. The predicted molar refractivity (Wildman–Crippen MR) is 84.5 cm³/mol. The molecule has 0 aromatic heterocycles. The van der Waals surface area contributed by atoms with E-state index in [1.807, 2.05) is 36.4 Å².